The summed E-state index contributed by atoms with van der Waals surface area (Å²) in [4.78, 5) is 23.6. The van der Waals surface area contributed by atoms with Crippen LogP contribution in [-0.4, -0.2) is 85.4 Å². The average Bonchev–Trinajstić information content (AvgIpc) is 3.02. The number of hydrogen-bond acceptors (Lipinski definition) is 6. The summed E-state index contributed by atoms with van der Waals surface area (Å²) in [5.41, 5.74) is 0. The summed E-state index contributed by atoms with van der Waals surface area (Å²) in [6.45, 7) is 7.67. The minimum Gasteiger partial charge on any atom is -0.354 e. The van der Waals surface area contributed by atoms with Gasteiger partial charge >= 0.3 is 0 Å². The van der Waals surface area contributed by atoms with Gasteiger partial charge in [-0.3, -0.25) is 9.69 Å². The van der Waals surface area contributed by atoms with Gasteiger partial charge in [-0.25, -0.2) is 13.4 Å². The molecule has 26 heavy (non-hydrogen) atoms. The Morgan fingerprint density at radius 3 is 2.58 bits per heavy atom. The van der Waals surface area contributed by atoms with Gasteiger partial charge in [0, 0.05) is 45.0 Å². The van der Waals surface area contributed by atoms with Crippen molar-refractivity contribution in [1.82, 2.24) is 14.8 Å². The number of amides is 1. The van der Waals surface area contributed by atoms with E-state index in [-0.39, 0.29) is 29.5 Å². The molecule has 3 rings (SSSR count). The van der Waals surface area contributed by atoms with Gasteiger partial charge in [-0.15, -0.1) is 0 Å². The first-order valence-corrected chi connectivity index (χ1v) is 11.1. The number of likely N-dealkylation sites (N-methyl/N-ethyl adjacent to an activating group) is 1. The fraction of sp³-hybridized carbons (Fsp3) is 0.667. The molecule has 0 unspecified atom stereocenters. The molecule has 1 aromatic heterocycles. The number of anilines is 1. The maximum Gasteiger partial charge on any atom is 0.239 e. The number of sulfone groups is 1. The molecule has 0 saturated carbocycles. The van der Waals surface area contributed by atoms with E-state index >= 15 is 0 Å². The van der Waals surface area contributed by atoms with Crippen LogP contribution in [0.15, 0.2) is 24.4 Å². The van der Waals surface area contributed by atoms with Crippen molar-refractivity contribution in [3.63, 3.8) is 0 Å². The highest BCUT2D eigenvalue weighted by atomic mass is 32.2. The van der Waals surface area contributed by atoms with Crippen LogP contribution < -0.4 is 4.90 Å². The monoisotopic (exact) mass is 380 g/mol. The Labute approximate surface area is 155 Å². The molecule has 144 valence electrons. The molecule has 2 saturated heterocycles. The number of rotatable bonds is 5. The molecule has 1 amide bonds. The third-order valence-electron chi connectivity index (χ3n) is 5.47. The predicted molar refractivity (Wildman–Crippen MR) is 102 cm³/mol. The molecule has 0 aromatic carbocycles. The van der Waals surface area contributed by atoms with Crippen LogP contribution in [0.4, 0.5) is 5.82 Å². The second-order valence-corrected chi connectivity index (χ2v) is 9.30. The Balaban J connectivity index is 1.58. The van der Waals surface area contributed by atoms with Gasteiger partial charge in [0.15, 0.2) is 9.84 Å². The van der Waals surface area contributed by atoms with E-state index in [0.717, 1.165) is 32.0 Å². The summed E-state index contributed by atoms with van der Waals surface area (Å²) in [6.07, 6.45) is 2.35. The molecule has 0 aliphatic carbocycles. The highest BCUT2D eigenvalue weighted by Gasteiger charge is 2.37. The first-order valence-electron chi connectivity index (χ1n) is 9.32. The highest BCUT2D eigenvalue weighted by Crippen LogP contribution is 2.20. The van der Waals surface area contributed by atoms with Crippen molar-refractivity contribution >= 4 is 21.6 Å². The SMILES string of the molecule is CCN(C(=O)[C@H](C)N1CCN(c2ccccn2)CC1)[C@H]1CCS(=O)(=O)C1. The zero-order valence-electron chi connectivity index (χ0n) is 15.5. The lowest BCUT2D eigenvalue weighted by Gasteiger charge is -2.40. The lowest BCUT2D eigenvalue weighted by Crippen LogP contribution is -2.56. The molecule has 1 aromatic rings. The number of hydrogen-bond donors (Lipinski definition) is 0. The first-order chi connectivity index (χ1) is 12.4. The molecular weight excluding hydrogens is 352 g/mol. The molecule has 0 bridgehead atoms. The largest absolute Gasteiger partial charge is 0.354 e. The van der Waals surface area contributed by atoms with E-state index in [9.17, 15) is 13.2 Å². The zero-order chi connectivity index (χ0) is 18.7. The van der Waals surface area contributed by atoms with Gasteiger partial charge in [0.05, 0.1) is 17.5 Å². The summed E-state index contributed by atoms with van der Waals surface area (Å²) < 4.78 is 23.5. The van der Waals surface area contributed by atoms with E-state index in [0.29, 0.717) is 13.0 Å². The van der Waals surface area contributed by atoms with E-state index < -0.39 is 9.84 Å². The lowest BCUT2D eigenvalue weighted by atomic mass is 10.1. The second-order valence-electron chi connectivity index (χ2n) is 7.07. The molecule has 2 aliphatic rings. The van der Waals surface area contributed by atoms with Crippen molar-refractivity contribution in [2.24, 2.45) is 0 Å². The first kappa shape index (κ1) is 19.1. The van der Waals surface area contributed by atoms with Crippen molar-refractivity contribution < 1.29 is 13.2 Å². The third kappa shape index (κ3) is 4.17. The van der Waals surface area contributed by atoms with Crippen LogP contribution in [0, 0.1) is 0 Å². The summed E-state index contributed by atoms with van der Waals surface area (Å²) >= 11 is 0. The topological polar surface area (TPSA) is 73.8 Å². The van der Waals surface area contributed by atoms with Gasteiger partial charge in [0.1, 0.15) is 5.82 Å². The van der Waals surface area contributed by atoms with E-state index in [1.807, 2.05) is 32.0 Å². The van der Waals surface area contributed by atoms with Crippen molar-refractivity contribution in [3.8, 4) is 0 Å². The van der Waals surface area contributed by atoms with E-state index in [2.05, 4.69) is 14.8 Å². The van der Waals surface area contributed by atoms with Gasteiger partial charge in [-0.1, -0.05) is 6.07 Å². The molecular formula is C18H28N4O3S. The van der Waals surface area contributed by atoms with Crippen LogP contribution in [-0.2, 0) is 14.6 Å². The molecule has 0 radical (unpaired) electrons. The van der Waals surface area contributed by atoms with Crippen LogP contribution >= 0.6 is 0 Å². The quantitative estimate of drug-likeness (QED) is 0.746. The van der Waals surface area contributed by atoms with Crippen molar-refractivity contribution in [3.05, 3.63) is 24.4 Å². The molecule has 7 nitrogen and oxygen atoms in total. The van der Waals surface area contributed by atoms with Crippen molar-refractivity contribution in [2.45, 2.75) is 32.4 Å². The number of nitrogens with zero attached hydrogens (tertiary/aromatic N) is 4. The van der Waals surface area contributed by atoms with Gasteiger partial charge in [-0.2, -0.15) is 0 Å². The van der Waals surface area contributed by atoms with Crippen molar-refractivity contribution in [1.29, 1.82) is 0 Å². The van der Waals surface area contributed by atoms with Crippen LogP contribution in [0.5, 0.6) is 0 Å². The smallest absolute Gasteiger partial charge is 0.239 e. The Morgan fingerprint density at radius 1 is 1.31 bits per heavy atom. The molecule has 8 heteroatoms. The normalized spacial score (nSPS) is 24.4. The third-order valence-corrected chi connectivity index (χ3v) is 7.22. The Morgan fingerprint density at radius 2 is 2.04 bits per heavy atom. The lowest BCUT2D eigenvalue weighted by molar-refractivity contribution is -0.138. The summed E-state index contributed by atoms with van der Waals surface area (Å²) in [6, 6.07) is 5.49. The van der Waals surface area contributed by atoms with E-state index in [4.69, 9.17) is 0 Å². The Kier molecular flexibility index (Phi) is 5.82. The minimum atomic E-state index is -2.99. The summed E-state index contributed by atoms with van der Waals surface area (Å²) in [5.74, 6) is 1.31. The second kappa shape index (κ2) is 7.92. The molecule has 2 atom stereocenters. The van der Waals surface area contributed by atoms with E-state index in [1.165, 1.54) is 0 Å². The maximum atomic E-state index is 13.0. The molecule has 0 N–H and O–H groups in total. The van der Waals surface area contributed by atoms with E-state index in [1.54, 1.807) is 11.1 Å². The van der Waals surface area contributed by atoms with Crippen LogP contribution in [0.25, 0.3) is 0 Å². The minimum absolute atomic E-state index is 0.0425. The molecule has 2 fully saturated rings. The van der Waals surface area contributed by atoms with Gasteiger partial charge < -0.3 is 9.80 Å². The van der Waals surface area contributed by atoms with Crippen molar-refractivity contribution in [2.75, 3.05) is 49.1 Å². The Bertz CT molecular complexity index is 717. The highest BCUT2D eigenvalue weighted by molar-refractivity contribution is 7.91. The number of carbonyl (C=O) groups is 1. The van der Waals surface area contributed by atoms with Crippen LogP contribution in [0.1, 0.15) is 20.3 Å². The summed E-state index contributed by atoms with van der Waals surface area (Å²) in [7, 11) is -2.99. The van der Waals surface area contributed by atoms with Gasteiger partial charge in [-0.05, 0) is 32.4 Å². The standard InChI is InChI=1S/C18H28N4O3S/c1-3-22(16-7-13-26(24,25)14-16)18(23)15(2)20-9-11-21(12-10-20)17-6-4-5-8-19-17/h4-6,8,15-16H,3,7,9-14H2,1-2H3/t15-,16-/m0/s1. The predicted octanol–water partition coefficient (Wildman–Crippen LogP) is 0.628. The number of aromatic nitrogens is 1. The number of carbonyl (C=O) groups excluding carboxylic acids is 1. The average molecular weight is 381 g/mol. The summed E-state index contributed by atoms with van der Waals surface area (Å²) in [5, 5.41) is 0. The maximum absolute atomic E-state index is 13.0. The van der Waals surface area contributed by atoms with Crippen LogP contribution in [0.3, 0.4) is 0 Å². The van der Waals surface area contributed by atoms with Crippen LogP contribution in [0.2, 0.25) is 0 Å². The Hall–Kier alpha value is -1.67. The number of piperazine rings is 1. The fourth-order valence-corrected chi connectivity index (χ4v) is 5.62. The molecule has 2 aliphatic heterocycles. The number of pyridine rings is 1. The van der Waals surface area contributed by atoms with Gasteiger partial charge in [0.2, 0.25) is 5.91 Å². The van der Waals surface area contributed by atoms with Gasteiger partial charge in [0.25, 0.3) is 0 Å². The molecule has 3 heterocycles. The fourth-order valence-electron chi connectivity index (χ4n) is 3.89. The zero-order valence-corrected chi connectivity index (χ0v) is 16.4. The molecule has 0 spiro atoms.